The van der Waals surface area contributed by atoms with Gasteiger partial charge in [0.05, 0.1) is 19.2 Å². The molecule has 6 rings (SSSR count). The lowest BCUT2D eigenvalue weighted by Crippen LogP contribution is -2.67. The summed E-state index contributed by atoms with van der Waals surface area (Å²) in [5, 5.41) is 5.88. The third kappa shape index (κ3) is 2.92. The van der Waals surface area contributed by atoms with Crippen LogP contribution < -0.4 is 20.1 Å². The van der Waals surface area contributed by atoms with E-state index in [2.05, 4.69) is 10.6 Å². The second-order valence-electron chi connectivity index (χ2n) is 8.50. The summed E-state index contributed by atoms with van der Waals surface area (Å²) in [7, 11) is 1.58. The summed E-state index contributed by atoms with van der Waals surface area (Å²) in [4.78, 5) is 39.3. The van der Waals surface area contributed by atoms with E-state index in [-0.39, 0.29) is 42.0 Å². The van der Waals surface area contributed by atoms with Crippen LogP contribution in [0.25, 0.3) is 0 Å². The molecule has 1 spiro atoms. The maximum Gasteiger partial charge on any atom is 0.258 e. The van der Waals surface area contributed by atoms with Gasteiger partial charge in [-0.2, -0.15) is 0 Å². The predicted molar refractivity (Wildman–Crippen MR) is 102 cm³/mol. The molecule has 4 fully saturated rings. The number of nitrogens with zero attached hydrogens (tertiary/aromatic N) is 1. The Bertz CT molecular complexity index is 887. The van der Waals surface area contributed by atoms with Crippen LogP contribution in [0.4, 0.5) is 0 Å². The van der Waals surface area contributed by atoms with Crippen LogP contribution in [0.1, 0.15) is 36.0 Å². The Balaban J connectivity index is 1.38. The summed E-state index contributed by atoms with van der Waals surface area (Å²) in [5.41, 5.74) is -0.264. The fourth-order valence-corrected chi connectivity index (χ4v) is 5.48. The summed E-state index contributed by atoms with van der Waals surface area (Å²) in [6.07, 6.45) is 3.12. The largest absolute Gasteiger partial charge is 0.497 e. The molecule has 154 valence electrons. The van der Waals surface area contributed by atoms with Gasteiger partial charge in [-0.05, 0) is 37.3 Å². The quantitative estimate of drug-likeness (QED) is 0.771. The van der Waals surface area contributed by atoms with Gasteiger partial charge in [0, 0.05) is 37.4 Å². The molecule has 3 aliphatic carbocycles. The highest BCUT2D eigenvalue weighted by Crippen LogP contribution is 2.53. The van der Waals surface area contributed by atoms with Crippen LogP contribution in [0.3, 0.4) is 0 Å². The number of fused-ring (bicyclic) bond motifs is 3. The van der Waals surface area contributed by atoms with Gasteiger partial charge >= 0.3 is 0 Å². The molecular weight excluding hydrogens is 374 g/mol. The Morgan fingerprint density at radius 2 is 2.17 bits per heavy atom. The number of methoxy groups -OCH3 is 1. The number of rotatable bonds is 2. The van der Waals surface area contributed by atoms with E-state index in [1.54, 1.807) is 30.2 Å². The molecule has 29 heavy (non-hydrogen) atoms. The zero-order chi connectivity index (χ0) is 20.2. The first-order valence-corrected chi connectivity index (χ1v) is 10.2. The van der Waals surface area contributed by atoms with Crippen molar-refractivity contribution in [2.45, 2.75) is 31.4 Å². The zero-order valence-electron chi connectivity index (χ0n) is 16.4. The Labute approximate surface area is 168 Å². The lowest BCUT2D eigenvalue weighted by molar-refractivity contribution is -0.158. The van der Waals surface area contributed by atoms with Gasteiger partial charge in [-0.25, -0.2) is 0 Å². The van der Waals surface area contributed by atoms with Gasteiger partial charge in [-0.1, -0.05) is 0 Å². The fraction of sp³-hybridized carbons (Fsp3) is 0.571. The summed E-state index contributed by atoms with van der Waals surface area (Å²) < 4.78 is 11.7. The molecule has 3 saturated carbocycles. The highest BCUT2D eigenvalue weighted by Gasteiger charge is 2.57. The number of benzene rings is 1. The van der Waals surface area contributed by atoms with E-state index in [1.165, 1.54) is 0 Å². The number of piperazine rings is 1. The molecule has 1 aromatic rings. The molecule has 2 heterocycles. The summed E-state index contributed by atoms with van der Waals surface area (Å²) in [6, 6.07) is 5.22. The minimum atomic E-state index is -0.768. The second-order valence-corrected chi connectivity index (χ2v) is 8.50. The third-order valence-corrected chi connectivity index (χ3v) is 6.94. The number of nitrogens with one attached hydrogen (secondary N) is 2. The van der Waals surface area contributed by atoms with Crippen LogP contribution in [0.2, 0.25) is 0 Å². The zero-order valence-corrected chi connectivity index (χ0v) is 16.4. The van der Waals surface area contributed by atoms with Crippen LogP contribution in [-0.4, -0.2) is 55.1 Å². The van der Waals surface area contributed by atoms with Gasteiger partial charge in [-0.15, -0.1) is 0 Å². The number of carbonyl (C=O) groups is 3. The fourth-order valence-electron chi connectivity index (χ4n) is 5.48. The van der Waals surface area contributed by atoms with E-state index in [0.29, 0.717) is 43.0 Å². The molecule has 3 amide bonds. The summed E-state index contributed by atoms with van der Waals surface area (Å²) in [5.74, 6) is 1.08. The molecule has 2 aliphatic heterocycles. The van der Waals surface area contributed by atoms with Crippen molar-refractivity contribution >= 4 is 17.7 Å². The maximum absolute atomic E-state index is 13.1. The number of ether oxygens (including phenoxy) is 2. The SMILES string of the molecule is COc1ccc2c(c1)O[C@@]1(C[C@H]3CC[C@H]1C[C@H]3C(=O)N1CCNC(=O)C1)NC2=O. The Hall–Kier alpha value is -2.77. The molecule has 2 N–H and O–H groups in total. The lowest BCUT2D eigenvalue weighted by Gasteiger charge is -2.55. The van der Waals surface area contributed by atoms with Crippen LogP contribution in [0, 0.1) is 17.8 Å². The van der Waals surface area contributed by atoms with Crippen molar-refractivity contribution in [1.82, 2.24) is 15.5 Å². The standard InChI is InChI=1S/C21H25N3O5/c1-28-14-4-5-15-17(9-14)29-21(23-19(15)26)10-12-2-3-13(21)8-16(12)20(27)24-7-6-22-18(25)11-24/h4-5,9,12-13,16H,2-3,6-8,10-11H2,1H3,(H,22,25)(H,23,26)/t12-,13+,16-,21-/m1/s1. The number of hydrogen-bond acceptors (Lipinski definition) is 5. The van der Waals surface area contributed by atoms with E-state index < -0.39 is 5.72 Å². The van der Waals surface area contributed by atoms with Crippen LogP contribution >= 0.6 is 0 Å². The number of amides is 3. The van der Waals surface area contributed by atoms with Crippen molar-refractivity contribution < 1.29 is 23.9 Å². The minimum Gasteiger partial charge on any atom is -0.497 e. The number of carbonyl (C=O) groups excluding carboxylic acids is 3. The molecule has 0 radical (unpaired) electrons. The summed E-state index contributed by atoms with van der Waals surface area (Å²) in [6.45, 7) is 1.20. The predicted octanol–water partition coefficient (Wildman–Crippen LogP) is 0.908. The molecule has 0 unspecified atom stereocenters. The first-order valence-electron chi connectivity index (χ1n) is 10.2. The Morgan fingerprint density at radius 1 is 1.31 bits per heavy atom. The van der Waals surface area contributed by atoms with E-state index in [1.807, 2.05) is 0 Å². The van der Waals surface area contributed by atoms with Gasteiger partial charge < -0.3 is 25.0 Å². The molecule has 5 aliphatic rings. The average molecular weight is 399 g/mol. The van der Waals surface area contributed by atoms with Gasteiger partial charge in [0.2, 0.25) is 11.8 Å². The topological polar surface area (TPSA) is 97.0 Å². The highest BCUT2D eigenvalue weighted by molar-refractivity contribution is 5.98. The highest BCUT2D eigenvalue weighted by atomic mass is 16.5. The molecule has 8 nitrogen and oxygen atoms in total. The second kappa shape index (κ2) is 6.64. The first kappa shape index (κ1) is 18.3. The van der Waals surface area contributed by atoms with Gasteiger partial charge in [-0.3, -0.25) is 14.4 Å². The molecule has 1 saturated heterocycles. The normalized spacial score (nSPS) is 32.9. The monoisotopic (exact) mass is 399 g/mol. The van der Waals surface area contributed by atoms with E-state index in [0.717, 1.165) is 12.8 Å². The van der Waals surface area contributed by atoms with Crippen molar-refractivity contribution in [3.8, 4) is 11.5 Å². The molecule has 4 atom stereocenters. The van der Waals surface area contributed by atoms with E-state index in [4.69, 9.17) is 9.47 Å². The van der Waals surface area contributed by atoms with Gasteiger partial charge in [0.1, 0.15) is 11.5 Å². The van der Waals surface area contributed by atoms with Crippen molar-refractivity contribution in [1.29, 1.82) is 0 Å². The van der Waals surface area contributed by atoms with Crippen LogP contribution in [0.5, 0.6) is 11.5 Å². The Morgan fingerprint density at radius 3 is 2.90 bits per heavy atom. The smallest absolute Gasteiger partial charge is 0.258 e. The van der Waals surface area contributed by atoms with Crippen molar-refractivity contribution in [2.24, 2.45) is 17.8 Å². The van der Waals surface area contributed by atoms with Gasteiger partial charge in [0.25, 0.3) is 5.91 Å². The lowest BCUT2D eigenvalue weighted by atomic mass is 9.59. The molecule has 0 aromatic heterocycles. The molecule has 8 heteroatoms. The van der Waals surface area contributed by atoms with Crippen molar-refractivity contribution in [3.63, 3.8) is 0 Å². The van der Waals surface area contributed by atoms with Crippen molar-refractivity contribution in [2.75, 3.05) is 26.7 Å². The van der Waals surface area contributed by atoms with Crippen molar-refractivity contribution in [3.05, 3.63) is 23.8 Å². The van der Waals surface area contributed by atoms with E-state index in [9.17, 15) is 14.4 Å². The molecule has 1 aromatic carbocycles. The third-order valence-electron chi connectivity index (χ3n) is 6.94. The maximum atomic E-state index is 13.1. The first-order chi connectivity index (χ1) is 14.0. The minimum absolute atomic E-state index is 0.0587. The van der Waals surface area contributed by atoms with E-state index >= 15 is 0 Å². The van der Waals surface area contributed by atoms with Crippen LogP contribution in [-0.2, 0) is 9.59 Å². The molecular formula is C21H25N3O5. The number of hydrogen-bond donors (Lipinski definition) is 2. The average Bonchev–Trinajstić information content (AvgIpc) is 2.73. The van der Waals surface area contributed by atoms with Crippen LogP contribution in [0.15, 0.2) is 18.2 Å². The summed E-state index contributed by atoms with van der Waals surface area (Å²) >= 11 is 0. The Kier molecular flexibility index (Phi) is 4.18. The van der Waals surface area contributed by atoms with Gasteiger partial charge in [0.15, 0.2) is 5.72 Å². The molecule has 2 bridgehead atoms.